The second-order valence-corrected chi connectivity index (χ2v) is 6.45. The molecule has 124 valence electrons. The maximum Gasteiger partial charge on any atom is 0.244 e. The topological polar surface area (TPSA) is 49.4 Å². The third kappa shape index (κ3) is 3.65. The standard InChI is InChI=1S/C20H22N2O2/c1-14-8-9-15(2)18(10-14)21-19(23)13-22-12-17(11-20(22)24)16-6-4-3-5-7-16/h3-10,17H,11-13H2,1-2H3,(H,21,23)/t17-/m0/s1. The number of amides is 2. The molecule has 1 heterocycles. The molecule has 3 rings (SSSR count). The van der Waals surface area contributed by atoms with E-state index in [2.05, 4.69) is 5.32 Å². The number of hydrogen-bond acceptors (Lipinski definition) is 2. The second kappa shape index (κ2) is 6.87. The number of carbonyl (C=O) groups is 2. The maximum atomic E-state index is 12.3. The number of anilines is 1. The van der Waals surface area contributed by atoms with Crippen molar-refractivity contribution in [2.75, 3.05) is 18.4 Å². The van der Waals surface area contributed by atoms with E-state index in [1.165, 1.54) is 0 Å². The van der Waals surface area contributed by atoms with Crippen LogP contribution in [0.15, 0.2) is 48.5 Å². The van der Waals surface area contributed by atoms with E-state index in [1.54, 1.807) is 4.90 Å². The summed E-state index contributed by atoms with van der Waals surface area (Å²) in [5, 5.41) is 2.92. The third-order valence-electron chi connectivity index (χ3n) is 4.49. The lowest BCUT2D eigenvalue weighted by molar-refractivity contribution is -0.131. The third-order valence-corrected chi connectivity index (χ3v) is 4.49. The van der Waals surface area contributed by atoms with Crippen molar-refractivity contribution in [3.8, 4) is 0 Å². The number of likely N-dealkylation sites (tertiary alicyclic amines) is 1. The summed E-state index contributed by atoms with van der Waals surface area (Å²) in [5.74, 6) is 0.0675. The van der Waals surface area contributed by atoms with Gasteiger partial charge < -0.3 is 10.2 Å². The fraction of sp³-hybridized carbons (Fsp3) is 0.300. The molecule has 0 aromatic heterocycles. The van der Waals surface area contributed by atoms with Gasteiger partial charge in [-0.25, -0.2) is 0 Å². The normalized spacial score (nSPS) is 17.2. The molecule has 2 aromatic rings. The molecule has 0 radical (unpaired) electrons. The van der Waals surface area contributed by atoms with Crippen LogP contribution in [0.25, 0.3) is 0 Å². The summed E-state index contributed by atoms with van der Waals surface area (Å²) < 4.78 is 0. The molecule has 2 amide bonds. The monoisotopic (exact) mass is 322 g/mol. The average Bonchev–Trinajstić information content (AvgIpc) is 2.92. The van der Waals surface area contributed by atoms with Gasteiger partial charge in [-0.1, -0.05) is 42.5 Å². The first kappa shape index (κ1) is 16.2. The molecule has 1 N–H and O–H groups in total. The predicted octanol–water partition coefficient (Wildman–Crippen LogP) is 3.26. The molecule has 0 saturated carbocycles. The van der Waals surface area contributed by atoms with Crippen LogP contribution in [-0.4, -0.2) is 29.8 Å². The van der Waals surface area contributed by atoms with E-state index in [0.29, 0.717) is 13.0 Å². The minimum Gasteiger partial charge on any atom is -0.333 e. The fourth-order valence-electron chi connectivity index (χ4n) is 3.11. The van der Waals surface area contributed by atoms with Crippen molar-refractivity contribution < 1.29 is 9.59 Å². The first-order valence-corrected chi connectivity index (χ1v) is 8.23. The van der Waals surface area contributed by atoms with E-state index in [-0.39, 0.29) is 24.3 Å². The summed E-state index contributed by atoms with van der Waals surface area (Å²) in [6.45, 7) is 4.66. The number of hydrogen-bond donors (Lipinski definition) is 1. The molecule has 1 fully saturated rings. The molecule has 1 saturated heterocycles. The molecule has 0 bridgehead atoms. The number of nitrogens with zero attached hydrogens (tertiary/aromatic N) is 1. The number of rotatable bonds is 4. The fourth-order valence-corrected chi connectivity index (χ4v) is 3.11. The van der Waals surface area contributed by atoms with Crippen molar-refractivity contribution in [3.63, 3.8) is 0 Å². The Morgan fingerprint density at radius 2 is 1.92 bits per heavy atom. The van der Waals surface area contributed by atoms with E-state index in [1.807, 2.05) is 62.4 Å². The lowest BCUT2D eigenvalue weighted by atomic mass is 9.99. The highest BCUT2D eigenvalue weighted by molar-refractivity contribution is 5.95. The van der Waals surface area contributed by atoms with Crippen molar-refractivity contribution in [1.29, 1.82) is 0 Å². The lowest BCUT2D eigenvalue weighted by Crippen LogP contribution is -2.34. The van der Waals surface area contributed by atoms with Crippen molar-refractivity contribution in [3.05, 3.63) is 65.2 Å². The highest BCUT2D eigenvalue weighted by atomic mass is 16.2. The van der Waals surface area contributed by atoms with Crippen molar-refractivity contribution in [2.24, 2.45) is 0 Å². The van der Waals surface area contributed by atoms with Crippen LogP contribution in [0, 0.1) is 13.8 Å². The van der Waals surface area contributed by atoms with Crippen LogP contribution < -0.4 is 5.32 Å². The highest BCUT2D eigenvalue weighted by Crippen LogP contribution is 2.27. The number of carbonyl (C=O) groups excluding carboxylic acids is 2. The van der Waals surface area contributed by atoms with Crippen LogP contribution in [0.4, 0.5) is 5.69 Å². The summed E-state index contributed by atoms with van der Waals surface area (Å²) in [6.07, 6.45) is 0.473. The van der Waals surface area contributed by atoms with Gasteiger partial charge in [-0.3, -0.25) is 9.59 Å². The average molecular weight is 322 g/mol. The van der Waals surface area contributed by atoms with Gasteiger partial charge in [-0.15, -0.1) is 0 Å². The summed E-state index contributed by atoms with van der Waals surface area (Å²) >= 11 is 0. The molecule has 24 heavy (non-hydrogen) atoms. The number of benzene rings is 2. The molecule has 1 atom stereocenters. The van der Waals surface area contributed by atoms with Crippen LogP contribution in [-0.2, 0) is 9.59 Å². The van der Waals surface area contributed by atoms with Gasteiger partial charge in [0.2, 0.25) is 11.8 Å². The summed E-state index contributed by atoms with van der Waals surface area (Å²) in [7, 11) is 0. The molecule has 1 aliphatic rings. The molecule has 0 unspecified atom stereocenters. The molecular weight excluding hydrogens is 300 g/mol. The lowest BCUT2D eigenvalue weighted by Gasteiger charge is -2.17. The van der Waals surface area contributed by atoms with Crippen molar-refractivity contribution in [2.45, 2.75) is 26.2 Å². The first-order valence-electron chi connectivity index (χ1n) is 8.23. The van der Waals surface area contributed by atoms with Gasteiger partial charge in [0.25, 0.3) is 0 Å². The summed E-state index contributed by atoms with van der Waals surface area (Å²) in [4.78, 5) is 26.2. The quantitative estimate of drug-likeness (QED) is 0.939. The van der Waals surface area contributed by atoms with Gasteiger partial charge in [0.15, 0.2) is 0 Å². The summed E-state index contributed by atoms with van der Waals surface area (Å²) in [6, 6.07) is 16.0. The zero-order valence-corrected chi connectivity index (χ0v) is 14.1. The summed E-state index contributed by atoms with van der Waals surface area (Å²) in [5.41, 5.74) is 4.08. The van der Waals surface area contributed by atoms with Gasteiger partial charge in [0.05, 0.1) is 6.54 Å². The molecule has 0 aliphatic carbocycles. The molecular formula is C20H22N2O2. The Bertz CT molecular complexity index is 755. The predicted molar refractivity (Wildman–Crippen MR) is 94.9 cm³/mol. The van der Waals surface area contributed by atoms with E-state index < -0.39 is 0 Å². The molecule has 4 heteroatoms. The Morgan fingerprint density at radius 3 is 2.67 bits per heavy atom. The van der Waals surface area contributed by atoms with Gasteiger partial charge in [0, 0.05) is 24.6 Å². The van der Waals surface area contributed by atoms with E-state index in [4.69, 9.17) is 0 Å². The molecule has 2 aromatic carbocycles. The van der Waals surface area contributed by atoms with Crippen LogP contribution in [0.2, 0.25) is 0 Å². The van der Waals surface area contributed by atoms with Crippen LogP contribution in [0.1, 0.15) is 29.0 Å². The van der Waals surface area contributed by atoms with E-state index >= 15 is 0 Å². The smallest absolute Gasteiger partial charge is 0.244 e. The highest BCUT2D eigenvalue weighted by Gasteiger charge is 2.31. The minimum atomic E-state index is -0.147. The van der Waals surface area contributed by atoms with Gasteiger partial charge in [-0.05, 0) is 36.6 Å². The SMILES string of the molecule is Cc1ccc(C)c(NC(=O)CN2C[C@@H](c3ccccc3)CC2=O)c1. The maximum absolute atomic E-state index is 12.3. The Labute approximate surface area is 142 Å². The van der Waals surface area contributed by atoms with Crippen LogP contribution >= 0.6 is 0 Å². The Hall–Kier alpha value is -2.62. The van der Waals surface area contributed by atoms with E-state index in [9.17, 15) is 9.59 Å². The Morgan fingerprint density at radius 1 is 1.17 bits per heavy atom. The zero-order valence-electron chi connectivity index (χ0n) is 14.1. The largest absolute Gasteiger partial charge is 0.333 e. The molecule has 1 aliphatic heterocycles. The van der Waals surface area contributed by atoms with Crippen molar-refractivity contribution >= 4 is 17.5 Å². The van der Waals surface area contributed by atoms with Gasteiger partial charge in [-0.2, -0.15) is 0 Å². The zero-order chi connectivity index (χ0) is 17.1. The minimum absolute atomic E-state index is 0.0416. The first-order chi connectivity index (χ1) is 11.5. The van der Waals surface area contributed by atoms with E-state index in [0.717, 1.165) is 22.4 Å². The van der Waals surface area contributed by atoms with Crippen LogP contribution in [0.5, 0.6) is 0 Å². The van der Waals surface area contributed by atoms with Gasteiger partial charge in [0.1, 0.15) is 0 Å². The van der Waals surface area contributed by atoms with Crippen molar-refractivity contribution in [1.82, 2.24) is 4.90 Å². The number of aryl methyl sites for hydroxylation is 2. The van der Waals surface area contributed by atoms with Crippen LogP contribution in [0.3, 0.4) is 0 Å². The molecule has 4 nitrogen and oxygen atoms in total. The molecule has 0 spiro atoms. The Kier molecular flexibility index (Phi) is 4.65. The van der Waals surface area contributed by atoms with Gasteiger partial charge >= 0.3 is 0 Å². The number of nitrogens with one attached hydrogen (secondary N) is 1. The Balaban J connectivity index is 1.62. The second-order valence-electron chi connectivity index (χ2n) is 6.45.